The number of rotatable bonds is 2. The summed E-state index contributed by atoms with van der Waals surface area (Å²) in [5.41, 5.74) is 1.93. The Kier molecular flexibility index (Phi) is 3.92. The number of halogens is 1. The van der Waals surface area contributed by atoms with Crippen molar-refractivity contribution in [3.63, 3.8) is 0 Å². The second-order valence-electron chi connectivity index (χ2n) is 4.59. The predicted molar refractivity (Wildman–Crippen MR) is 69.6 cm³/mol. The van der Waals surface area contributed by atoms with Crippen LogP contribution in [0.1, 0.15) is 19.4 Å². The van der Waals surface area contributed by atoms with E-state index in [2.05, 4.69) is 18.7 Å². The molecule has 2 unspecified atom stereocenters. The molecule has 17 heavy (non-hydrogen) atoms. The van der Waals surface area contributed by atoms with Gasteiger partial charge >= 0.3 is 0 Å². The van der Waals surface area contributed by atoms with Gasteiger partial charge in [-0.1, -0.05) is 17.7 Å². The van der Waals surface area contributed by atoms with Gasteiger partial charge in [-0.05, 0) is 26.0 Å². The number of aliphatic hydroxyl groups excluding tert-OH is 1. The molecule has 4 heteroatoms. The van der Waals surface area contributed by atoms with E-state index < -0.39 is 0 Å². The van der Waals surface area contributed by atoms with Gasteiger partial charge in [0, 0.05) is 29.4 Å². The summed E-state index contributed by atoms with van der Waals surface area (Å²) in [6.07, 6.45) is 0.397. The van der Waals surface area contributed by atoms with E-state index in [1.807, 2.05) is 18.2 Å². The van der Waals surface area contributed by atoms with Gasteiger partial charge in [0.2, 0.25) is 0 Å². The van der Waals surface area contributed by atoms with E-state index in [0.29, 0.717) is 5.02 Å². The van der Waals surface area contributed by atoms with Crippen molar-refractivity contribution >= 4 is 17.3 Å². The molecule has 1 saturated heterocycles. The van der Waals surface area contributed by atoms with Crippen LogP contribution in [0.5, 0.6) is 0 Å². The van der Waals surface area contributed by atoms with Gasteiger partial charge in [-0.25, -0.2) is 0 Å². The lowest BCUT2D eigenvalue weighted by Crippen LogP contribution is -2.45. The second kappa shape index (κ2) is 5.25. The average molecular weight is 256 g/mol. The van der Waals surface area contributed by atoms with Crippen molar-refractivity contribution in [2.24, 2.45) is 0 Å². The third kappa shape index (κ3) is 2.92. The molecule has 3 nitrogen and oxygen atoms in total. The molecular weight excluding hydrogens is 238 g/mol. The lowest BCUT2D eigenvalue weighted by Gasteiger charge is -2.37. The Morgan fingerprint density at radius 2 is 2.00 bits per heavy atom. The number of aliphatic hydroxyl groups is 1. The molecule has 1 fully saturated rings. The van der Waals surface area contributed by atoms with Gasteiger partial charge in [-0.3, -0.25) is 0 Å². The molecule has 1 aromatic carbocycles. The van der Waals surface area contributed by atoms with Crippen LogP contribution in [-0.4, -0.2) is 30.4 Å². The van der Waals surface area contributed by atoms with E-state index in [-0.39, 0.29) is 18.8 Å². The summed E-state index contributed by atoms with van der Waals surface area (Å²) < 4.78 is 5.70. The Morgan fingerprint density at radius 1 is 1.35 bits per heavy atom. The van der Waals surface area contributed by atoms with Crippen LogP contribution in [0.3, 0.4) is 0 Å². The quantitative estimate of drug-likeness (QED) is 0.881. The highest BCUT2D eigenvalue weighted by atomic mass is 35.5. The zero-order valence-electron chi connectivity index (χ0n) is 10.2. The standard InChI is InChI=1S/C13H18ClNO2/c1-9-6-15(7-10(2)17-9)13-5-12(14)4-3-11(13)8-16/h3-5,9-10,16H,6-8H2,1-2H3. The van der Waals surface area contributed by atoms with Crippen molar-refractivity contribution in [2.45, 2.75) is 32.7 Å². The van der Waals surface area contributed by atoms with Gasteiger partial charge in [-0.2, -0.15) is 0 Å². The number of ether oxygens (including phenoxy) is 1. The summed E-state index contributed by atoms with van der Waals surface area (Å²) in [7, 11) is 0. The molecule has 1 aliphatic heterocycles. The van der Waals surface area contributed by atoms with Crippen molar-refractivity contribution in [2.75, 3.05) is 18.0 Å². The Hall–Kier alpha value is -0.770. The van der Waals surface area contributed by atoms with Crippen LogP contribution < -0.4 is 4.90 Å². The minimum absolute atomic E-state index is 0.0343. The number of nitrogens with zero attached hydrogens (tertiary/aromatic N) is 1. The van der Waals surface area contributed by atoms with Crippen LogP contribution in [0.2, 0.25) is 5.02 Å². The third-order valence-electron chi connectivity index (χ3n) is 2.98. The van der Waals surface area contributed by atoms with Crippen molar-refractivity contribution in [1.29, 1.82) is 0 Å². The smallest absolute Gasteiger partial charge is 0.0726 e. The van der Waals surface area contributed by atoms with E-state index >= 15 is 0 Å². The first-order valence-corrected chi connectivity index (χ1v) is 6.27. The molecule has 1 N–H and O–H groups in total. The lowest BCUT2D eigenvalue weighted by atomic mass is 10.1. The third-order valence-corrected chi connectivity index (χ3v) is 3.21. The summed E-state index contributed by atoms with van der Waals surface area (Å²) in [6, 6.07) is 5.60. The Balaban J connectivity index is 2.28. The maximum Gasteiger partial charge on any atom is 0.0726 e. The molecule has 2 rings (SSSR count). The summed E-state index contributed by atoms with van der Waals surface area (Å²) in [4.78, 5) is 2.23. The minimum Gasteiger partial charge on any atom is -0.392 e. The van der Waals surface area contributed by atoms with Gasteiger partial charge in [0.25, 0.3) is 0 Å². The highest BCUT2D eigenvalue weighted by Crippen LogP contribution is 2.27. The van der Waals surface area contributed by atoms with Gasteiger partial charge in [0.1, 0.15) is 0 Å². The van der Waals surface area contributed by atoms with E-state index in [1.165, 1.54) is 0 Å². The maximum atomic E-state index is 9.37. The number of benzene rings is 1. The molecule has 1 heterocycles. The van der Waals surface area contributed by atoms with E-state index in [4.69, 9.17) is 16.3 Å². The summed E-state index contributed by atoms with van der Waals surface area (Å²) in [6.45, 7) is 5.82. The van der Waals surface area contributed by atoms with Gasteiger partial charge in [-0.15, -0.1) is 0 Å². The molecule has 0 radical (unpaired) electrons. The topological polar surface area (TPSA) is 32.7 Å². The van der Waals surface area contributed by atoms with Gasteiger partial charge in [0.15, 0.2) is 0 Å². The molecular formula is C13H18ClNO2. The zero-order chi connectivity index (χ0) is 12.4. The van der Waals surface area contributed by atoms with Gasteiger partial charge < -0.3 is 14.7 Å². The Labute approximate surface area is 107 Å². The van der Waals surface area contributed by atoms with Crippen LogP contribution in [0.4, 0.5) is 5.69 Å². The van der Waals surface area contributed by atoms with Crippen LogP contribution in [0, 0.1) is 0 Å². The highest BCUT2D eigenvalue weighted by Gasteiger charge is 2.23. The molecule has 94 valence electrons. The normalized spacial score (nSPS) is 25.1. The zero-order valence-corrected chi connectivity index (χ0v) is 10.9. The minimum atomic E-state index is 0.0343. The summed E-state index contributed by atoms with van der Waals surface area (Å²) >= 11 is 6.03. The number of hydrogen-bond acceptors (Lipinski definition) is 3. The fraction of sp³-hybridized carbons (Fsp3) is 0.538. The van der Waals surface area contributed by atoms with Crippen LogP contribution in [-0.2, 0) is 11.3 Å². The molecule has 0 aliphatic carbocycles. The maximum absolute atomic E-state index is 9.37. The molecule has 0 saturated carbocycles. The van der Waals surface area contributed by atoms with Crippen LogP contribution >= 0.6 is 11.6 Å². The average Bonchev–Trinajstić information content (AvgIpc) is 2.27. The van der Waals surface area contributed by atoms with E-state index in [0.717, 1.165) is 24.3 Å². The monoisotopic (exact) mass is 255 g/mol. The number of morpholine rings is 1. The molecule has 0 amide bonds. The van der Waals surface area contributed by atoms with Crippen LogP contribution in [0.25, 0.3) is 0 Å². The van der Waals surface area contributed by atoms with Crippen molar-refractivity contribution in [3.05, 3.63) is 28.8 Å². The summed E-state index contributed by atoms with van der Waals surface area (Å²) in [5, 5.41) is 10.1. The molecule has 0 spiro atoms. The van der Waals surface area contributed by atoms with Crippen molar-refractivity contribution in [3.8, 4) is 0 Å². The molecule has 1 aromatic rings. The second-order valence-corrected chi connectivity index (χ2v) is 5.03. The Bertz CT molecular complexity index is 387. The first-order chi connectivity index (χ1) is 8.10. The number of anilines is 1. The first-order valence-electron chi connectivity index (χ1n) is 5.90. The molecule has 0 bridgehead atoms. The van der Waals surface area contributed by atoms with Crippen LogP contribution in [0.15, 0.2) is 18.2 Å². The highest BCUT2D eigenvalue weighted by molar-refractivity contribution is 6.30. The largest absolute Gasteiger partial charge is 0.392 e. The fourth-order valence-electron chi connectivity index (χ4n) is 2.34. The first kappa shape index (κ1) is 12.7. The Morgan fingerprint density at radius 3 is 2.59 bits per heavy atom. The molecule has 0 aromatic heterocycles. The molecule has 2 atom stereocenters. The van der Waals surface area contributed by atoms with E-state index in [9.17, 15) is 5.11 Å². The predicted octanol–water partition coefficient (Wildman–Crippen LogP) is 2.45. The van der Waals surface area contributed by atoms with Gasteiger partial charge in [0.05, 0.1) is 18.8 Å². The van der Waals surface area contributed by atoms with Crippen molar-refractivity contribution < 1.29 is 9.84 Å². The lowest BCUT2D eigenvalue weighted by molar-refractivity contribution is -0.00531. The molecule has 1 aliphatic rings. The SMILES string of the molecule is CC1CN(c2cc(Cl)ccc2CO)CC(C)O1. The fourth-order valence-corrected chi connectivity index (χ4v) is 2.51. The number of hydrogen-bond donors (Lipinski definition) is 1. The van der Waals surface area contributed by atoms with Crippen molar-refractivity contribution in [1.82, 2.24) is 0 Å². The van der Waals surface area contributed by atoms with E-state index in [1.54, 1.807) is 0 Å². The summed E-state index contributed by atoms with van der Waals surface area (Å²) in [5.74, 6) is 0.